The third-order valence-electron chi connectivity index (χ3n) is 4.79. The lowest BCUT2D eigenvalue weighted by Crippen LogP contribution is -2.13. The average molecular weight is 438 g/mol. The molecule has 0 unspecified atom stereocenters. The van der Waals surface area contributed by atoms with Crippen LogP contribution >= 0.6 is 11.3 Å². The van der Waals surface area contributed by atoms with Crippen LogP contribution in [0.15, 0.2) is 83.2 Å². The molecule has 2 heterocycles. The Labute approximate surface area is 181 Å². The van der Waals surface area contributed by atoms with Gasteiger partial charge in [0.2, 0.25) is 0 Å². The largest absolute Gasteiger partial charge is 0.280 e. The number of benzene rings is 2. The smallest absolute Gasteiger partial charge is 0.265 e. The summed E-state index contributed by atoms with van der Waals surface area (Å²) >= 11 is 1.47. The molecule has 0 atom stereocenters. The molecule has 0 aliphatic heterocycles. The van der Waals surface area contributed by atoms with Crippen LogP contribution in [0.3, 0.4) is 0 Å². The zero-order valence-corrected chi connectivity index (χ0v) is 18.5. The van der Waals surface area contributed by atoms with Crippen LogP contribution in [-0.2, 0) is 16.6 Å². The van der Waals surface area contributed by atoms with Crippen molar-refractivity contribution in [1.82, 2.24) is 9.78 Å². The summed E-state index contributed by atoms with van der Waals surface area (Å²) < 4.78 is 30.9. The zero-order chi connectivity index (χ0) is 21.1. The fraction of sp³-hybridized carbons (Fsp3) is 0.174. The van der Waals surface area contributed by atoms with Crippen LogP contribution in [0.25, 0.3) is 10.6 Å². The normalized spacial score (nSPS) is 11.7. The molecule has 2 aromatic carbocycles. The van der Waals surface area contributed by atoms with Crippen LogP contribution in [0.5, 0.6) is 0 Å². The van der Waals surface area contributed by atoms with E-state index in [-0.39, 0.29) is 4.90 Å². The van der Waals surface area contributed by atoms with Gasteiger partial charge in [0.1, 0.15) is 10.6 Å². The zero-order valence-electron chi connectivity index (χ0n) is 16.8. The maximum absolute atomic E-state index is 13.2. The van der Waals surface area contributed by atoms with Crippen molar-refractivity contribution in [3.8, 4) is 10.6 Å². The Kier molecular flexibility index (Phi) is 5.74. The summed E-state index contributed by atoms with van der Waals surface area (Å²) in [4.78, 5) is 0.992. The standard InChI is InChI=1S/C23H23N3O2S2/c1-17(2)19-10-12-20(13-11-19)25-30(27,28)22-16-26(15-18-7-4-3-5-8-18)24-23(22)21-9-6-14-29-21/h3-14,16-17,25H,15H2,1-2H3. The van der Waals surface area contributed by atoms with Crippen LogP contribution < -0.4 is 4.72 Å². The van der Waals surface area contributed by atoms with Gasteiger partial charge in [-0.15, -0.1) is 11.3 Å². The topological polar surface area (TPSA) is 64.0 Å². The molecule has 0 saturated carbocycles. The maximum atomic E-state index is 13.2. The van der Waals surface area contributed by atoms with Gasteiger partial charge < -0.3 is 0 Å². The molecule has 0 aliphatic rings. The molecule has 154 valence electrons. The molecule has 0 radical (unpaired) electrons. The number of nitrogens with one attached hydrogen (secondary N) is 1. The first kappa shape index (κ1) is 20.4. The first-order chi connectivity index (χ1) is 14.4. The van der Waals surface area contributed by atoms with Gasteiger partial charge in [-0.05, 0) is 40.6 Å². The first-order valence-electron chi connectivity index (χ1n) is 9.70. The lowest BCUT2D eigenvalue weighted by Gasteiger charge is -2.10. The highest BCUT2D eigenvalue weighted by atomic mass is 32.2. The highest BCUT2D eigenvalue weighted by Gasteiger charge is 2.24. The van der Waals surface area contributed by atoms with E-state index in [1.807, 2.05) is 60.0 Å². The number of aromatic nitrogens is 2. The minimum atomic E-state index is -3.80. The van der Waals surface area contributed by atoms with Crippen molar-refractivity contribution in [3.05, 3.63) is 89.4 Å². The van der Waals surface area contributed by atoms with Gasteiger partial charge in [-0.2, -0.15) is 5.10 Å². The second-order valence-corrected chi connectivity index (χ2v) is 9.98. The van der Waals surface area contributed by atoms with Crippen LogP contribution in [0.4, 0.5) is 5.69 Å². The molecule has 0 bridgehead atoms. The molecule has 0 saturated heterocycles. The second kappa shape index (κ2) is 8.45. The molecule has 1 N–H and O–H groups in total. The molecule has 5 nitrogen and oxygen atoms in total. The van der Waals surface area contributed by atoms with Crippen LogP contribution in [0.1, 0.15) is 30.9 Å². The molecule has 30 heavy (non-hydrogen) atoms. The van der Waals surface area contributed by atoms with Crippen molar-refractivity contribution >= 4 is 27.0 Å². The van der Waals surface area contributed by atoms with Crippen molar-refractivity contribution in [2.75, 3.05) is 4.72 Å². The van der Waals surface area contributed by atoms with E-state index < -0.39 is 10.0 Å². The molecule has 7 heteroatoms. The van der Waals surface area contributed by atoms with E-state index in [1.165, 1.54) is 11.3 Å². The summed E-state index contributed by atoms with van der Waals surface area (Å²) in [6, 6.07) is 21.1. The highest BCUT2D eigenvalue weighted by molar-refractivity contribution is 7.92. The van der Waals surface area contributed by atoms with Crippen LogP contribution in [0, 0.1) is 0 Å². The molecule has 4 rings (SSSR count). The molecule has 0 spiro atoms. The Morgan fingerprint density at radius 3 is 2.37 bits per heavy atom. The quantitative estimate of drug-likeness (QED) is 0.410. The van der Waals surface area contributed by atoms with Crippen molar-refractivity contribution in [3.63, 3.8) is 0 Å². The Balaban J connectivity index is 1.68. The predicted molar refractivity (Wildman–Crippen MR) is 122 cm³/mol. The fourth-order valence-electron chi connectivity index (χ4n) is 3.18. The fourth-order valence-corrected chi connectivity index (χ4v) is 5.19. The number of hydrogen-bond donors (Lipinski definition) is 1. The van der Waals surface area contributed by atoms with Gasteiger partial charge in [0, 0.05) is 11.9 Å². The van der Waals surface area contributed by atoms with Gasteiger partial charge >= 0.3 is 0 Å². The Hall–Kier alpha value is -2.90. The first-order valence-corrected chi connectivity index (χ1v) is 12.1. The third kappa shape index (κ3) is 4.47. The minimum Gasteiger partial charge on any atom is -0.280 e. The van der Waals surface area contributed by atoms with Crippen molar-refractivity contribution in [2.24, 2.45) is 0 Å². The number of sulfonamides is 1. The number of nitrogens with zero attached hydrogens (tertiary/aromatic N) is 2. The van der Waals surface area contributed by atoms with Crippen molar-refractivity contribution < 1.29 is 8.42 Å². The Morgan fingerprint density at radius 1 is 1.00 bits per heavy atom. The highest BCUT2D eigenvalue weighted by Crippen LogP contribution is 2.31. The number of rotatable bonds is 7. The summed E-state index contributed by atoms with van der Waals surface area (Å²) in [6.45, 7) is 4.71. The van der Waals surface area contributed by atoms with E-state index in [9.17, 15) is 8.42 Å². The van der Waals surface area contributed by atoms with Gasteiger partial charge in [-0.3, -0.25) is 9.40 Å². The maximum Gasteiger partial charge on any atom is 0.265 e. The average Bonchev–Trinajstić information content (AvgIpc) is 3.39. The minimum absolute atomic E-state index is 0.175. The molecule has 0 aliphatic carbocycles. The number of anilines is 1. The van der Waals surface area contributed by atoms with Gasteiger partial charge in [0.05, 0.1) is 11.4 Å². The van der Waals surface area contributed by atoms with E-state index in [2.05, 4.69) is 23.7 Å². The number of hydrogen-bond acceptors (Lipinski definition) is 4. The predicted octanol–water partition coefficient (Wildman–Crippen LogP) is 5.58. The lowest BCUT2D eigenvalue weighted by molar-refractivity contribution is 0.601. The van der Waals surface area contributed by atoms with Gasteiger partial charge in [-0.25, -0.2) is 8.42 Å². The summed E-state index contributed by atoms with van der Waals surface area (Å²) in [6.07, 6.45) is 1.60. The SMILES string of the molecule is CC(C)c1ccc(NS(=O)(=O)c2cn(Cc3ccccc3)nc2-c2cccs2)cc1. The summed E-state index contributed by atoms with van der Waals surface area (Å²) in [7, 11) is -3.80. The summed E-state index contributed by atoms with van der Waals surface area (Å²) in [5.41, 5.74) is 3.21. The summed E-state index contributed by atoms with van der Waals surface area (Å²) in [5.74, 6) is 0.386. The second-order valence-electron chi connectivity index (χ2n) is 7.38. The van der Waals surface area contributed by atoms with E-state index in [1.54, 1.807) is 23.0 Å². The third-order valence-corrected chi connectivity index (χ3v) is 7.05. The van der Waals surface area contributed by atoms with Crippen LogP contribution in [0.2, 0.25) is 0 Å². The molecule has 0 fully saturated rings. The Morgan fingerprint density at radius 2 is 1.73 bits per heavy atom. The van der Waals surface area contributed by atoms with Gasteiger partial charge in [0.25, 0.3) is 10.0 Å². The molecule has 2 aromatic heterocycles. The van der Waals surface area contributed by atoms with E-state index >= 15 is 0 Å². The molecule has 0 amide bonds. The van der Waals surface area contributed by atoms with Gasteiger partial charge in [0.15, 0.2) is 0 Å². The lowest BCUT2D eigenvalue weighted by atomic mass is 10.0. The molecular weight excluding hydrogens is 414 g/mol. The van der Waals surface area contributed by atoms with Crippen LogP contribution in [-0.4, -0.2) is 18.2 Å². The Bertz CT molecular complexity index is 1210. The van der Waals surface area contributed by atoms with E-state index in [4.69, 9.17) is 0 Å². The van der Waals surface area contributed by atoms with Gasteiger partial charge in [-0.1, -0.05) is 62.4 Å². The number of thiophene rings is 1. The van der Waals surface area contributed by atoms with E-state index in [0.29, 0.717) is 23.8 Å². The monoisotopic (exact) mass is 437 g/mol. The molecule has 4 aromatic rings. The molecular formula is C23H23N3O2S2. The summed E-state index contributed by atoms with van der Waals surface area (Å²) in [5, 5.41) is 6.52. The van der Waals surface area contributed by atoms with E-state index in [0.717, 1.165) is 16.0 Å². The van der Waals surface area contributed by atoms with Crippen molar-refractivity contribution in [2.45, 2.75) is 31.2 Å². The van der Waals surface area contributed by atoms with Crippen molar-refractivity contribution in [1.29, 1.82) is 0 Å².